The third kappa shape index (κ3) is 2.46. The van der Waals surface area contributed by atoms with Gasteiger partial charge in [0.1, 0.15) is 0 Å². The minimum absolute atomic E-state index is 0.145. The summed E-state index contributed by atoms with van der Waals surface area (Å²) in [5, 5.41) is 0. The lowest BCUT2D eigenvalue weighted by atomic mass is 10.2. The molecule has 0 aromatic heterocycles. The largest absolute Gasteiger partial charge is 0.397 e. The molecule has 0 aliphatic carbocycles. The maximum absolute atomic E-state index is 12.2. The third-order valence-corrected chi connectivity index (χ3v) is 4.36. The van der Waals surface area contributed by atoms with Crippen LogP contribution >= 0.6 is 0 Å². The predicted octanol–water partition coefficient (Wildman–Crippen LogP) is 1.82. The van der Waals surface area contributed by atoms with E-state index in [0.717, 1.165) is 0 Å². The second kappa shape index (κ2) is 4.70. The van der Waals surface area contributed by atoms with Crippen molar-refractivity contribution in [2.24, 2.45) is 0 Å². The fourth-order valence-electron chi connectivity index (χ4n) is 1.67. The van der Waals surface area contributed by atoms with E-state index in [2.05, 4.69) is 0 Å². The van der Waals surface area contributed by atoms with Gasteiger partial charge in [-0.3, -0.25) is 0 Å². The highest BCUT2D eigenvalue weighted by Crippen LogP contribution is 2.24. The van der Waals surface area contributed by atoms with Gasteiger partial charge in [-0.25, -0.2) is 8.42 Å². The van der Waals surface area contributed by atoms with Crippen molar-refractivity contribution in [2.45, 2.75) is 10.6 Å². The third-order valence-electron chi connectivity index (χ3n) is 2.68. The van der Waals surface area contributed by atoms with Crippen LogP contribution in [0, 0.1) is 0 Å². The van der Waals surface area contributed by atoms with Crippen LogP contribution in [0.25, 0.3) is 0 Å². The van der Waals surface area contributed by atoms with Gasteiger partial charge in [0, 0.05) is 0 Å². The molecular formula is C13H14N2O2S. The van der Waals surface area contributed by atoms with Crippen molar-refractivity contribution in [1.82, 2.24) is 0 Å². The van der Waals surface area contributed by atoms with Crippen molar-refractivity contribution in [2.75, 3.05) is 11.5 Å². The maximum atomic E-state index is 12.2. The van der Waals surface area contributed by atoms with Gasteiger partial charge in [-0.05, 0) is 23.8 Å². The standard InChI is InChI=1S/C13H14N2O2S/c14-12-8-4-5-10(13(12)15)9-18(16,17)11-6-2-1-3-7-11/h1-8H,9,14-15H2. The first kappa shape index (κ1) is 12.4. The molecule has 0 spiro atoms. The van der Waals surface area contributed by atoms with E-state index in [1.54, 1.807) is 48.5 Å². The molecular weight excluding hydrogens is 248 g/mol. The Balaban J connectivity index is 2.37. The Labute approximate surface area is 106 Å². The molecule has 0 atom stereocenters. The van der Waals surface area contributed by atoms with Gasteiger partial charge in [0.05, 0.1) is 22.0 Å². The fourth-order valence-corrected chi connectivity index (χ4v) is 3.07. The van der Waals surface area contributed by atoms with Gasteiger partial charge in [0.15, 0.2) is 9.84 Å². The number of anilines is 2. The normalized spacial score (nSPS) is 11.3. The van der Waals surface area contributed by atoms with Crippen molar-refractivity contribution in [3.8, 4) is 0 Å². The Morgan fingerprint density at radius 1 is 0.889 bits per heavy atom. The minimum atomic E-state index is -3.39. The first-order valence-corrected chi connectivity index (χ1v) is 7.06. The van der Waals surface area contributed by atoms with Crippen molar-refractivity contribution < 1.29 is 8.42 Å². The Morgan fingerprint density at radius 2 is 1.56 bits per heavy atom. The van der Waals surface area contributed by atoms with Crippen LogP contribution in [0.3, 0.4) is 0 Å². The van der Waals surface area contributed by atoms with E-state index in [-0.39, 0.29) is 10.6 Å². The number of sulfone groups is 1. The van der Waals surface area contributed by atoms with Crippen LogP contribution in [0.15, 0.2) is 53.4 Å². The number of hydrogen-bond acceptors (Lipinski definition) is 4. The molecule has 4 N–H and O–H groups in total. The summed E-state index contributed by atoms with van der Waals surface area (Å²) >= 11 is 0. The molecule has 5 heteroatoms. The molecule has 0 saturated carbocycles. The molecule has 0 aliphatic heterocycles. The van der Waals surface area contributed by atoms with Gasteiger partial charge >= 0.3 is 0 Å². The Morgan fingerprint density at radius 3 is 2.22 bits per heavy atom. The topological polar surface area (TPSA) is 86.2 Å². The Bertz CT molecular complexity index is 652. The van der Waals surface area contributed by atoms with E-state index in [1.807, 2.05) is 0 Å². The number of hydrogen-bond donors (Lipinski definition) is 2. The monoisotopic (exact) mass is 262 g/mol. The van der Waals surface area contributed by atoms with Crippen molar-refractivity contribution in [1.29, 1.82) is 0 Å². The van der Waals surface area contributed by atoms with Crippen LogP contribution in [0.2, 0.25) is 0 Å². The van der Waals surface area contributed by atoms with Gasteiger partial charge in [0.25, 0.3) is 0 Å². The summed E-state index contributed by atoms with van der Waals surface area (Å²) in [7, 11) is -3.39. The van der Waals surface area contributed by atoms with E-state index in [4.69, 9.17) is 11.5 Å². The van der Waals surface area contributed by atoms with Gasteiger partial charge in [-0.1, -0.05) is 30.3 Å². The molecule has 0 heterocycles. The second-order valence-electron chi connectivity index (χ2n) is 3.99. The molecule has 0 unspecified atom stereocenters. The van der Waals surface area contributed by atoms with Crippen LogP contribution in [-0.4, -0.2) is 8.42 Å². The summed E-state index contributed by atoms with van der Waals surface area (Å²) in [5.41, 5.74) is 12.7. The van der Waals surface area contributed by atoms with Crippen LogP contribution in [-0.2, 0) is 15.6 Å². The lowest BCUT2D eigenvalue weighted by Crippen LogP contribution is -2.08. The first-order chi connectivity index (χ1) is 8.50. The molecule has 0 fully saturated rings. The van der Waals surface area contributed by atoms with E-state index < -0.39 is 9.84 Å². The zero-order valence-corrected chi connectivity index (χ0v) is 10.5. The average Bonchev–Trinajstić information content (AvgIpc) is 2.36. The lowest BCUT2D eigenvalue weighted by Gasteiger charge is -2.09. The molecule has 0 amide bonds. The lowest BCUT2D eigenvalue weighted by molar-refractivity contribution is 0.595. The average molecular weight is 262 g/mol. The summed E-state index contributed by atoms with van der Waals surface area (Å²) < 4.78 is 24.3. The van der Waals surface area contributed by atoms with Crippen molar-refractivity contribution in [3.05, 3.63) is 54.1 Å². The molecule has 94 valence electrons. The van der Waals surface area contributed by atoms with E-state index in [0.29, 0.717) is 16.9 Å². The molecule has 0 saturated heterocycles. The molecule has 2 aromatic rings. The van der Waals surface area contributed by atoms with Crippen LogP contribution < -0.4 is 11.5 Å². The molecule has 0 radical (unpaired) electrons. The van der Waals surface area contributed by atoms with Gasteiger partial charge in [0.2, 0.25) is 0 Å². The highest BCUT2D eigenvalue weighted by Gasteiger charge is 2.16. The maximum Gasteiger partial charge on any atom is 0.182 e. The van der Waals surface area contributed by atoms with E-state index in [9.17, 15) is 8.42 Å². The molecule has 4 nitrogen and oxygen atoms in total. The van der Waals surface area contributed by atoms with Crippen LogP contribution in [0.4, 0.5) is 11.4 Å². The van der Waals surface area contributed by atoms with E-state index >= 15 is 0 Å². The summed E-state index contributed by atoms with van der Waals surface area (Å²) in [6.07, 6.45) is 0. The van der Waals surface area contributed by atoms with Crippen LogP contribution in [0.1, 0.15) is 5.56 Å². The zero-order valence-electron chi connectivity index (χ0n) is 9.71. The number of benzene rings is 2. The molecule has 2 aromatic carbocycles. The Kier molecular flexibility index (Phi) is 3.25. The summed E-state index contributed by atoms with van der Waals surface area (Å²) in [5.74, 6) is -0.145. The van der Waals surface area contributed by atoms with Crippen molar-refractivity contribution in [3.63, 3.8) is 0 Å². The number of nitrogens with two attached hydrogens (primary N) is 2. The van der Waals surface area contributed by atoms with Crippen LogP contribution in [0.5, 0.6) is 0 Å². The van der Waals surface area contributed by atoms with Crippen molar-refractivity contribution >= 4 is 21.2 Å². The number of para-hydroxylation sites is 1. The molecule has 0 bridgehead atoms. The quantitative estimate of drug-likeness (QED) is 0.826. The molecule has 0 aliphatic rings. The Hall–Kier alpha value is -2.01. The zero-order chi connectivity index (χ0) is 13.2. The van der Waals surface area contributed by atoms with Gasteiger partial charge < -0.3 is 11.5 Å². The number of rotatable bonds is 3. The summed E-state index contributed by atoms with van der Waals surface area (Å²) in [4.78, 5) is 0.284. The van der Waals surface area contributed by atoms with E-state index in [1.165, 1.54) is 0 Å². The summed E-state index contributed by atoms with van der Waals surface area (Å²) in [6, 6.07) is 13.3. The number of nitrogen functional groups attached to an aromatic ring is 2. The second-order valence-corrected chi connectivity index (χ2v) is 5.98. The van der Waals surface area contributed by atoms with Gasteiger partial charge in [-0.15, -0.1) is 0 Å². The highest BCUT2D eigenvalue weighted by atomic mass is 32.2. The first-order valence-electron chi connectivity index (χ1n) is 5.41. The SMILES string of the molecule is Nc1cccc(CS(=O)(=O)c2ccccc2)c1N. The summed E-state index contributed by atoms with van der Waals surface area (Å²) in [6.45, 7) is 0. The minimum Gasteiger partial charge on any atom is -0.397 e. The highest BCUT2D eigenvalue weighted by molar-refractivity contribution is 7.90. The fraction of sp³-hybridized carbons (Fsp3) is 0.0769. The van der Waals surface area contributed by atoms with Gasteiger partial charge in [-0.2, -0.15) is 0 Å². The molecule has 18 heavy (non-hydrogen) atoms. The smallest absolute Gasteiger partial charge is 0.182 e. The molecule has 2 rings (SSSR count). The predicted molar refractivity (Wildman–Crippen MR) is 72.6 cm³/mol.